The number of hydrogen-bond donors (Lipinski definition) is 0. The molecule has 23 heavy (non-hydrogen) atoms. The topological polar surface area (TPSA) is 70.2 Å². The SMILES string of the molecule is CCOC(=O)N1CCN(C(=O)CCN(C(C)=O)C(C)(C)C)CC1. The first kappa shape index (κ1) is 19.3. The molecule has 7 heteroatoms. The second-order valence-electron chi connectivity index (χ2n) is 6.66. The van der Waals surface area contributed by atoms with Crippen molar-refractivity contribution in [2.24, 2.45) is 0 Å². The Morgan fingerprint density at radius 2 is 1.57 bits per heavy atom. The van der Waals surface area contributed by atoms with Gasteiger partial charge in [0.2, 0.25) is 11.8 Å². The van der Waals surface area contributed by atoms with Crippen LogP contribution in [0.1, 0.15) is 41.0 Å². The van der Waals surface area contributed by atoms with Crippen molar-refractivity contribution in [3.05, 3.63) is 0 Å². The fourth-order valence-electron chi connectivity index (χ4n) is 2.68. The first-order valence-electron chi connectivity index (χ1n) is 8.14. The van der Waals surface area contributed by atoms with Crippen molar-refractivity contribution >= 4 is 17.9 Å². The van der Waals surface area contributed by atoms with Gasteiger partial charge in [-0.1, -0.05) is 0 Å². The summed E-state index contributed by atoms with van der Waals surface area (Å²) in [5, 5.41) is 0. The minimum atomic E-state index is -0.324. The fraction of sp³-hybridized carbons (Fsp3) is 0.812. The molecule has 0 aliphatic carbocycles. The van der Waals surface area contributed by atoms with E-state index in [-0.39, 0.29) is 23.4 Å². The Bertz CT molecular complexity index is 437. The van der Waals surface area contributed by atoms with E-state index in [9.17, 15) is 14.4 Å². The Balaban J connectivity index is 2.45. The van der Waals surface area contributed by atoms with Crippen LogP contribution in [-0.2, 0) is 14.3 Å². The highest BCUT2D eigenvalue weighted by molar-refractivity contribution is 5.79. The van der Waals surface area contributed by atoms with Gasteiger partial charge < -0.3 is 19.4 Å². The van der Waals surface area contributed by atoms with E-state index in [4.69, 9.17) is 4.74 Å². The molecule has 0 aromatic rings. The van der Waals surface area contributed by atoms with Gasteiger partial charge in [-0.3, -0.25) is 9.59 Å². The Morgan fingerprint density at radius 1 is 1.04 bits per heavy atom. The number of rotatable bonds is 4. The maximum absolute atomic E-state index is 12.3. The van der Waals surface area contributed by atoms with Crippen LogP contribution in [-0.4, -0.2) is 77.5 Å². The molecule has 1 fully saturated rings. The third kappa shape index (κ3) is 5.73. The summed E-state index contributed by atoms with van der Waals surface area (Å²) in [5.74, 6) is -0.0126. The fourth-order valence-corrected chi connectivity index (χ4v) is 2.68. The van der Waals surface area contributed by atoms with Gasteiger partial charge in [-0.15, -0.1) is 0 Å². The van der Waals surface area contributed by atoms with Crippen LogP contribution in [0, 0.1) is 0 Å². The first-order chi connectivity index (χ1) is 10.7. The summed E-state index contributed by atoms with van der Waals surface area (Å²) >= 11 is 0. The molecule has 1 heterocycles. The van der Waals surface area contributed by atoms with Gasteiger partial charge in [0, 0.05) is 51.6 Å². The number of ether oxygens (including phenoxy) is 1. The highest BCUT2D eigenvalue weighted by Gasteiger charge is 2.27. The quantitative estimate of drug-likeness (QED) is 0.781. The van der Waals surface area contributed by atoms with Gasteiger partial charge in [0.05, 0.1) is 6.61 Å². The maximum Gasteiger partial charge on any atom is 0.409 e. The lowest BCUT2D eigenvalue weighted by atomic mass is 10.1. The average Bonchev–Trinajstić information content (AvgIpc) is 2.46. The van der Waals surface area contributed by atoms with Crippen molar-refractivity contribution in [2.75, 3.05) is 39.3 Å². The van der Waals surface area contributed by atoms with Crippen LogP contribution in [0.25, 0.3) is 0 Å². The standard InChI is InChI=1S/C16H29N3O4/c1-6-23-15(22)18-11-9-17(10-12-18)14(21)7-8-19(13(2)20)16(3,4)5/h6-12H2,1-5H3. The summed E-state index contributed by atoms with van der Waals surface area (Å²) in [6.07, 6.45) is -0.0222. The molecule has 0 atom stereocenters. The Morgan fingerprint density at radius 3 is 2.00 bits per heavy atom. The van der Waals surface area contributed by atoms with Crippen LogP contribution in [0.4, 0.5) is 4.79 Å². The number of piperazine rings is 1. The van der Waals surface area contributed by atoms with Crippen molar-refractivity contribution < 1.29 is 19.1 Å². The summed E-state index contributed by atoms with van der Waals surface area (Å²) in [5.41, 5.74) is -0.297. The summed E-state index contributed by atoms with van der Waals surface area (Å²) in [6.45, 7) is 11.9. The van der Waals surface area contributed by atoms with E-state index in [0.717, 1.165) is 0 Å². The highest BCUT2D eigenvalue weighted by atomic mass is 16.6. The maximum atomic E-state index is 12.3. The third-order valence-corrected chi connectivity index (χ3v) is 3.90. The van der Waals surface area contributed by atoms with Gasteiger partial charge in [0.25, 0.3) is 0 Å². The van der Waals surface area contributed by atoms with Gasteiger partial charge in [0.15, 0.2) is 0 Å². The molecule has 0 N–H and O–H groups in total. The molecule has 3 amide bonds. The zero-order chi connectivity index (χ0) is 17.6. The summed E-state index contributed by atoms with van der Waals surface area (Å²) in [4.78, 5) is 40.7. The molecule has 1 aliphatic heterocycles. The molecule has 0 unspecified atom stereocenters. The molecule has 1 rings (SSSR count). The zero-order valence-electron chi connectivity index (χ0n) is 14.9. The summed E-state index contributed by atoms with van der Waals surface area (Å²) in [7, 11) is 0. The van der Waals surface area contributed by atoms with Crippen molar-refractivity contribution in [1.29, 1.82) is 0 Å². The van der Waals surface area contributed by atoms with E-state index in [1.165, 1.54) is 6.92 Å². The molecule has 0 spiro atoms. The molecule has 132 valence electrons. The minimum Gasteiger partial charge on any atom is -0.450 e. The van der Waals surface area contributed by atoms with E-state index in [0.29, 0.717) is 45.8 Å². The first-order valence-corrected chi connectivity index (χ1v) is 8.14. The molecule has 0 bridgehead atoms. The van der Waals surface area contributed by atoms with Crippen molar-refractivity contribution in [2.45, 2.75) is 46.6 Å². The number of hydrogen-bond acceptors (Lipinski definition) is 4. The highest BCUT2D eigenvalue weighted by Crippen LogP contribution is 2.14. The van der Waals surface area contributed by atoms with Gasteiger partial charge in [-0.25, -0.2) is 4.79 Å². The molecular formula is C16H29N3O4. The lowest BCUT2D eigenvalue weighted by Crippen LogP contribution is -2.52. The summed E-state index contributed by atoms with van der Waals surface area (Å²) < 4.78 is 4.96. The number of carbonyl (C=O) groups excluding carboxylic acids is 3. The van der Waals surface area contributed by atoms with E-state index in [2.05, 4.69) is 0 Å². The van der Waals surface area contributed by atoms with Crippen LogP contribution < -0.4 is 0 Å². The lowest BCUT2D eigenvalue weighted by molar-refractivity contribution is -0.137. The summed E-state index contributed by atoms with van der Waals surface area (Å²) in [6, 6.07) is 0. The van der Waals surface area contributed by atoms with Crippen LogP contribution in [0.5, 0.6) is 0 Å². The van der Waals surface area contributed by atoms with E-state index >= 15 is 0 Å². The second-order valence-corrected chi connectivity index (χ2v) is 6.66. The number of nitrogens with zero attached hydrogens (tertiary/aromatic N) is 3. The zero-order valence-corrected chi connectivity index (χ0v) is 14.9. The van der Waals surface area contributed by atoms with Gasteiger partial charge >= 0.3 is 6.09 Å². The molecule has 0 radical (unpaired) electrons. The van der Waals surface area contributed by atoms with Crippen LogP contribution in [0.15, 0.2) is 0 Å². The Labute approximate surface area is 138 Å². The van der Waals surface area contributed by atoms with Crippen LogP contribution >= 0.6 is 0 Å². The number of amides is 3. The second kappa shape index (κ2) is 8.17. The van der Waals surface area contributed by atoms with E-state index in [1.54, 1.807) is 21.6 Å². The molecule has 1 aliphatic rings. The van der Waals surface area contributed by atoms with E-state index < -0.39 is 0 Å². The molecule has 7 nitrogen and oxygen atoms in total. The van der Waals surface area contributed by atoms with Crippen LogP contribution in [0.2, 0.25) is 0 Å². The molecule has 1 saturated heterocycles. The van der Waals surface area contributed by atoms with Gasteiger partial charge in [0.1, 0.15) is 0 Å². The lowest BCUT2D eigenvalue weighted by Gasteiger charge is -2.37. The molecule has 0 aromatic carbocycles. The normalized spacial score (nSPS) is 15.3. The van der Waals surface area contributed by atoms with Crippen molar-refractivity contribution in [1.82, 2.24) is 14.7 Å². The largest absolute Gasteiger partial charge is 0.450 e. The molecule has 0 aromatic heterocycles. The van der Waals surface area contributed by atoms with Gasteiger partial charge in [-0.05, 0) is 27.7 Å². The van der Waals surface area contributed by atoms with Crippen LogP contribution in [0.3, 0.4) is 0 Å². The third-order valence-electron chi connectivity index (χ3n) is 3.90. The smallest absolute Gasteiger partial charge is 0.409 e. The van der Waals surface area contributed by atoms with E-state index in [1.807, 2.05) is 20.8 Å². The Kier molecular flexibility index (Phi) is 6.84. The monoisotopic (exact) mass is 327 g/mol. The molecular weight excluding hydrogens is 298 g/mol. The predicted octanol–water partition coefficient (Wildman–Crippen LogP) is 1.32. The minimum absolute atomic E-state index is 0.0176. The predicted molar refractivity (Wildman–Crippen MR) is 86.9 cm³/mol. The Hall–Kier alpha value is -1.79. The van der Waals surface area contributed by atoms with Gasteiger partial charge in [-0.2, -0.15) is 0 Å². The number of carbonyl (C=O) groups is 3. The average molecular weight is 327 g/mol. The molecule has 0 saturated carbocycles. The van der Waals surface area contributed by atoms with Crippen molar-refractivity contribution in [3.8, 4) is 0 Å². The van der Waals surface area contributed by atoms with Crippen molar-refractivity contribution in [3.63, 3.8) is 0 Å².